The standard InChI is InChI=1S/C81H68N4O8.C25H12Br4.C14H15NO2/c1-86-65-29-9-53(10-30-65)82(54-11-31-66(87-2)32-12-54)61-25-45-73-74-46-26-62(83(55-13-33-67(88-3)34-14-55)56-15-35-68(89-4)36-16-56)50-78(74)81(77(73)49-61)79-51-63(84(57-17-37-69(90-5)38-18-57)58-19-39-70(91-6)40-20-58)27-47-75(79)76-48-28-64(52-80(76)81)85(59-21-41-71(92-7)42-22-59)60-23-43-72(93-8)44-24-60;26-13-1-5-17-18-6-2-14(27)10-22(18)25(21(17)9-13)23-11-15(28)3-7-19(23)20-8-4-16(29)12-24(20)25;1-16-13-7-3-11(4-8-13)15-12-5-9-14(17-2)10-6-12/h9-52H,1-8H3;1-12H;3-10,15H,1-2H3. The van der Waals surface area contributed by atoms with Crippen molar-refractivity contribution in [1.29, 1.82) is 0 Å². The Hall–Kier alpha value is -15.1. The van der Waals surface area contributed by atoms with E-state index in [2.05, 4.69) is 331 Å². The van der Waals surface area contributed by atoms with Crippen LogP contribution < -0.4 is 72.3 Å². The predicted molar refractivity (Wildman–Crippen MR) is 577 cm³/mol. The zero-order valence-corrected chi connectivity index (χ0v) is 84.2. The molecule has 4 aliphatic carbocycles. The molecule has 4 aliphatic rings. The number of rotatable bonds is 24. The van der Waals surface area contributed by atoms with Crippen molar-refractivity contribution < 1.29 is 47.4 Å². The fourth-order valence-corrected chi connectivity index (χ4v) is 21.5. The van der Waals surface area contributed by atoms with Crippen molar-refractivity contribution in [1.82, 2.24) is 0 Å². The quantitative estimate of drug-likeness (QED) is 0.0618. The van der Waals surface area contributed by atoms with Gasteiger partial charge in [-0.3, -0.25) is 0 Å². The van der Waals surface area contributed by atoms with E-state index >= 15 is 0 Å². The number of methoxy groups -OCH3 is 10. The molecular formula is C120H95Br4N5O10. The van der Waals surface area contributed by atoms with Crippen molar-refractivity contribution in [2.75, 3.05) is 96.0 Å². The van der Waals surface area contributed by atoms with Crippen LogP contribution in [0.2, 0.25) is 0 Å². The molecule has 0 aromatic heterocycles. The van der Waals surface area contributed by atoms with E-state index in [-0.39, 0.29) is 5.41 Å². The van der Waals surface area contributed by atoms with Gasteiger partial charge in [0.2, 0.25) is 0 Å². The first-order valence-electron chi connectivity index (χ1n) is 45.2. The van der Waals surface area contributed by atoms with Crippen molar-refractivity contribution in [2.24, 2.45) is 0 Å². The van der Waals surface area contributed by atoms with Gasteiger partial charge in [-0.1, -0.05) is 112 Å². The van der Waals surface area contributed by atoms with Crippen molar-refractivity contribution >= 4 is 143 Å². The monoisotopic (exact) mass is 2080 g/mol. The fraction of sp³-hybridized carbons (Fsp3) is 0.100. The minimum atomic E-state index is -1.01. The van der Waals surface area contributed by atoms with Gasteiger partial charge in [0.1, 0.15) is 57.5 Å². The first kappa shape index (κ1) is 91.6. The van der Waals surface area contributed by atoms with E-state index in [0.717, 1.165) is 200 Å². The van der Waals surface area contributed by atoms with E-state index < -0.39 is 5.41 Å². The van der Waals surface area contributed by atoms with Gasteiger partial charge >= 0.3 is 0 Å². The van der Waals surface area contributed by atoms with Gasteiger partial charge in [-0.15, -0.1) is 0 Å². The lowest BCUT2D eigenvalue weighted by molar-refractivity contribution is 0.414. The third-order valence-electron chi connectivity index (χ3n) is 26.5. The minimum Gasteiger partial charge on any atom is -0.497 e. The Labute approximate surface area is 843 Å². The molecule has 0 saturated carbocycles. The van der Waals surface area contributed by atoms with E-state index in [4.69, 9.17) is 47.4 Å². The number of ether oxygens (including phenoxy) is 10. The second-order valence-electron chi connectivity index (χ2n) is 33.7. The molecule has 0 bridgehead atoms. The maximum atomic E-state index is 5.75. The van der Waals surface area contributed by atoms with Crippen LogP contribution in [0.15, 0.2) is 406 Å². The third kappa shape index (κ3) is 17.0. The lowest BCUT2D eigenvalue weighted by Gasteiger charge is -2.35. The highest BCUT2D eigenvalue weighted by Crippen LogP contribution is 2.68. The summed E-state index contributed by atoms with van der Waals surface area (Å²) in [6, 6.07) is 136. The molecule has 2 spiro atoms. The van der Waals surface area contributed by atoms with Crippen molar-refractivity contribution in [3.8, 4) is 102 Å². The summed E-state index contributed by atoms with van der Waals surface area (Å²) in [7, 11) is 16.9. The Morgan fingerprint density at radius 3 is 0.439 bits per heavy atom. The van der Waals surface area contributed by atoms with Gasteiger partial charge in [0.05, 0.1) is 81.9 Å². The summed E-state index contributed by atoms with van der Waals surface area (Å²) in [5, 5.41) is 3.30. The SMILES string of the molecule is Brc1ccc2c(c1)C1(c3cc(Br)ccc3-2)c2cc(Br)ccc2-c2ccc(Br)cc21.COc1ccc(N(c2ccc(OC)cc2)c2ccc3c(c2)C2(c4cc(N(c5ccc(OC)cc5)c5ccc(OC)cc5)ccc4-3)c3cc(N(c4ccc(OC)cc4)c4ccc(OC)cc4)ccc3-c3ccc(N(c4ccc(OC)cc4)c4ccc(OC)cc4)cc32)cc1.COc1ccc(Nc2ccc(OC)cc2)cc1. The topological polar surface area (TPSA) is 117 Å². The van der Waals surface area contributed by atoms with E-state index in [1.54, 1.807) is 71.1 Å². The first-order valence-corrected chi connectivity index (χ1v) is 48.4. The van der Waals surface area contributed by atoms with Gasteiger partial charge in [0, 0.05) is 97.5 Å². The van der Waals surface area contributed by atoms with Crippen molar-refractivity contribution in [3.05, 3.63) is 451 Å². The zero-order valence-electron chi connectivity index (χ0n) is 77.8. The van der Waals surface area contributed by atoms with Crippen molar-refractivity contribution in [3.63, 3.8) is 0 Å². The number of hydrogen-bond donors (Lipinski definition) is 1. The predicted octanol–water partition coefficient (Wildman–Crippen LogP) is 32.5. The molecule has 22 rings (SSSR count). The maximum absolute atomic E-state index is 5.75. The van der Waals surface area contributed by atoms with Gasteiger partial charge in [-0.25, -0.2) is 0 Å². The van der Waals surface area contributed by atoms with Crippen LogP contribution in [0.1, 0.15) is 44.5 Å². The summed E-state index contributed by atoms with van der Waals surface area (Å²) >= 11 is 14.9. The highest BCUT2D eigenvalue weighted by molar-refractivity contribution is 9.11. The van der Waals surface area contributed by atoms with Gasteiger partial charge in [-0.05, 0) is 429 Å². The highest BCUT2D eigenvalue weighted by Gasteiger charge is 2.55. The van der Waals surface area contributed by atoms with E-state index in [9.17, 15) is 0 Å². The lowest BCUT2D eigenvalue weighted by atomic mass is 9.70. The highest BCUT2D eigenvalue weighted by atomic mass is 79.9. The van der Waals surface area contributed by atoms with Crippen LogP contribution in [0.25, 0.3) is 44.5 Å². The van der Waals surface area contributed by atoms with Crippen LogP contribution in [0.3, 0.4) is 0 Å². The average Bonchev–Trinajstić information content (AvgIpc) is 1.52. The van der Waals surface area contributed by atoms with Gasteiger partial charge in [0.15, 0.2) is 0 Å². The number of fused-ring (bicyclic) bond motifs is 20. The number of halogens is 4. The molecular weight excluding hydrogens is 1990 g/mol. The Kier molecular flexibility index (Phi) is 25.8. The maximum Gasteiger partial charge on any atom is 0.119 e. The Morgan fingerprint density at radius 2 is 0.288 bits per heavy atom. The molecule has 0 atom stereocenters. The molecule has 0 unspecified atom stereocenters. The Balaban J connectivity index is 0.000000208. The molecule has 1 N–H and O–H groups in total. The van der Waals surface area contributed by atoms with E-state index in [1.807, 2.05) is 146 Å². The summed E-state index contributed by atoms with van der Waals surface area (Å²) in [4.78, 5) is 9.24. The number of benzene rings is 18. The summed E-state index contributed by atoms with van der Waals surface area (Å²) in [5.41, 5.74) is 31.4. The molecule has 0 radical (unpaired) electrons. The summed E-state index contributed by atoms with van der Waals surface area (Å²) < 4.78 is 60.6. The molecule has 18 aromatic carbocycles. The number of anilines is 14. The van der Waals surface area contributed by atoms with Crippen LogP contribution in [-0.2, 0) is 10.8 Å². The molecule has 0 fully saturated rings. The molecule has 0 heterocycles. The summed E-state index contributed by atoms with van der Waals surface area (Å²) in [6.45, 7) is 0. The fourth-order valence-electron chi connectivity index (χ4n) is 20.0. The molecule has 688 valence electrons. The zero-order chi connectivity index (χ0) is 95.7. The normalized spacial score (nSPS) is 12.2. The largest absolute Gasteiger partial charge is 0.497 e. The second kappa shape index (κ2) is 39.2. The van der Waals surface area contributed by atoms with Crippen molar-refractivity contribution in [2.45, 2.75) is 10.8 Å². The molecule has 0 amide bonds. The smallest absolute Gasteiger partial charge is 0.119 e. The van der Waals surface area contributed by atoms with Crippen LogP contribution >= 0.6 is 63.7 Å². The molecule has 19 heteroatoms. The number of hydrogen-bond acceptors (Lipinski definition) is 15. The van der Waals surface area contributed by atoms with Gasteiger partial charge in [0.25, 0.3) is 0 Å². The number of nitrogens with one attached hydrogen (secondary N) is 1. The molecule has 139 heavy (non-hydrogen) atoms. The molecule has 0 aliphatic heterocycles. The van der Waals surface area contributed by atoms with Crippen LogP contribution in [-0.4, -0.2) is 71.1 Å². The van der Waals surface area contributed by atoms with Crippen LogP contribution in [0.4, 0.5) is 79.6 Å². The van der Waals surface area contributed by atoms with Gasteiger partial charge < -0.3 is 72.3 Å². The second-order valence-corrected chi connectivity index (χ2v) is 37.3. The van der Waals surface area contributed by atoms with Crippen LogP contribution in [0, 0.1) is 0 Å². The van der Waals surface area contributed by atoms with Crippen LogP contribution in [0.5, 0.6) is 57.5 Å². The molecule has 18 aromatic rings. The summed E-state index contributed by atoms with van der Waals surface area (Å²) in [5.74, 6) is 7.77. The first-order chi connectivity index (χ1) is 68.0. The third-order valence-corrected chi connectivity index (χ3v) is 28.5. The lowest BCUT2D eigenvalue weighted by Crippen LogP contribution is -2.27. The molecule has 0 saturated heterocycles. The number of nitrogens with zero attached hydrogens (tertiary/aromatic N) is 4. The molecule has 15 nitrogen and oxygen atoms in total. The summed E-state index contributed by atoms with van der Waals surface area (Å²) in [6.07, 6.45) is 0. The Morgan fingerprint density at radius 1 is 0.158 bits per heavy atom. The van der Waals surface area contributed by atoms with E-state index in [1.165, 1.54) is 44.5 Å². The Bertz CT molecular complexity index is 6520. The minimum absolute atomic E-state index is 0.337. The van der Waals surface area contributed by atoms with Gasteiger partial charge in [-0.2, -0.15) is 0 Å². The van der Waals surface area contributed by atoms with E-state index in [0.29, 0.717) is 0 Å². The average molecular weight is 2090 g/mol.